The number of hydrogen-bond acceptors (Lipinski definition) is 2. The molecule has 0 saturated heterocycles. The number of sulfone groups is 1. The molecule has 0 aliphatic rings. The lowest BCUT2D eigenvalue weighted by atomic mass is 10.2. The predicted molar refractivity (Wildman–Crippen MR) is 74.6 cm³/mol. The molecule has 4 heteroatoms. The summed E-state index contributed by atoms with van der Waals surface area (Å²) in [6.07, 6.45) is 0. The van der Waals surface area contributed by atoms with Crippen molar-refractivity contribution in [1.82, 2.24) is 0 Å². The molecule has 0 amide bonds. The molecule has 91 valence electrons. The Balaban J connectivity index is 2.13. The Bertz CT molecular complexity index is 621. The van der Waals surface area contributed by atoms with E-state index in [2.05, 4.69) is 10.2 Å². The highest BCUT2D eigenvalue weighted by molar-refractivity contribution is 7.89. The third-order valence-electron chi connectivity index (χ3n) is 2.54. The topological polar surface area (TPSA) is 34.1 Å². The second-order valence-electron chi connectivity index (χ2n) is 4.22. The molecule has 0 atom stereocenters. The fourth-order valence-electron chi connectivity index (χ4n) is 1.79. The van der Waals surface area contributed by atoms with Gasteiger partial charge in [-0.1, -0.05) is 59.8 Å². The van der Waals surface area contributed by atoms with Crippen LogP contribution in [0.2, 0.25) is 0 Å². The van der Waals surface area contributed by atoms with Gasteiger partial charge in [0, 0.05) is 0 Å². The Morgan fingerprint density at radius 1 is 0.833 bits per heavy atom. The summed E-state index contributed by atoms with van der Waals surface area (Å²) in [5.74, 6) is 0.153. The second kappa shape index (κ2) is 5.50. The molecule has 0 heterocycles. The molecule has 0 spiro atoms. The van der Waals surface area contributed by atoms with E-state index in [1.165, 1.54) is 0 Å². The van der Waals surface area contributed by atoms with Crippen LogP contribution in [0.1, 0.15) is 11.1 Å². The normalized spacial score (nSPS) is 11.4. The summed E-state index contributed by atoms with van der Waals surface area (Å²) in [6, 6.07) is 16.6. The highest BCUT2D eigenvalue weighted by Crippen LogP contribution is 2.11. The van der Waals surface area contributed by atoms with Crippen molar-refractivity contribution in [2.75, 3.05) is 0 Å². The molecular weight excluding hydrogens is 260 g/mol. The minimum absolute atomic E-state index is 0.0697. The average Bonchev–Trinajstić information content (AvgIpc) is 2.28. The van der Waals surface area contributed by atoms with E-state index in [1.54, 1.807) is 0 Å². The van der Waals surface area contributed by atoms with Crippen LogP contribution in [0.25, 0.3) is 0 Å². The predicted octanol–water partition coefficient (Wildman–Crippen LogP) is 1.60. The second-order valence-corrected chi connectivity index (χ2v) is 6.86. The highest BCUT2D eigenvalue weighted by Gasteiger charge is 2.12. The SMILES string of the molecule is O=S(=O)(Cc1ccccc1)Cc1cccc([Si])c1. The van der Waals surface area contributed by atoms with Crippen molar-refractivity contribution in [3.8, 4) is 0 Å². The van der Waals surface area contributed by atoms with Crippen LogP contribution in [0.4, 0.5) is 0 Å². The first-order valence-electron chi connectivity index (χ1n) is 5.60. The van der Waals surface area contributed by atoms with Crippen LogP contribution in [0.5, 0.6) is 0 Å². The standard InChI is InChI=1S/C14H13O2SSi/c15-17(16,10-12-5-2-1-3-6-12)11-13-7-4-8-14(18)9-13/h1-9H,10-11H2. The van der Waals surface area contributed by atoms with E-state index in [1.807, 2.05) is 54.6 Å². The van der Waals surface area contributed by atoms with Gasteiger partial charge in [0.25, 0.3) is 0 Å². The summed E-state index contributed by atoms with van der Waals surface area (Å²) in [6.45, 7) is 0. The first-order chi connectivity index (χ1) is 8.55. The van der Waals surface area contributed by atoms with Crippen molar-refractivity contribution in [3.05, 3.63) is 65.7 Å². The molecule has 0 saturated carbocycles. The summed E-state index contributed by atoms with van der Waals surface area (Å²) in [5, 5.41) is 0.891. The van der Waals surface area contributed by atoms with Crippen molar-refractivity contribution in [3.63, 3.8) is 0 Å². The molecule has 18 heavy (non-hydrogen) atoms. The zero-order valence-electron chi connectivity index (χ0n) is 9.84. The number of hydrogen-bond donors (Lipinski definition) is 0. The fourth-order valence-corrected chi connectivity index (χ4v) is 3.57. The van der Waals surface area contributed by atoms with Gasteiger partial charge >= 0.3 is 0 Å². The Hall–Kier alpha value is -1.39. The monoisotopic (exact) mass is 273 g/mol. The lowest BCUT2D eigenvalue weighted by Gasteiger charge is -2.05. The largest absolute Gasteiger partial charge is 0.228 e. The van der Waals surface area contributed by atoms with Crippen molar-refractivity contribution >= 4 is 25.3 Å². The Kier molecular flexibility index (Phi) is 3.99. The lowest BCUT2D eigenvalue weighted by Crippen LogP contribution is -2.10. The molecule has 0 fully saturated rings. The third-order valence-corrected chi connectivity index (χ3v) is 4.40. The van der Waals surface area contributed by atoms with E-state index in [0.717, 1.165) is 16.3 Å². The van der Waals surface area contributed by atoms with E-state index >= 15 is 0 Å². The number of benzene rings is 2. The summed E-state index contributed by atoms with van der Waals surface area (Å²) in [4.78, 5) is 0. The van der Waals surface area contributed by atoms with Crippen LogP contribution < -0.4 is 5.19 Å². The fraction of sp³-hybridized carbons (Fsp3) is 0.143. The van der Waals surface area contributed by atoms with E-state index in [-0.39, 0.29) is 11.5 Å². The van der Waals surface area contributed by atoms with Crippen LogP contribution in [-0.2, 0) is 21.3 Å². The Labute approximate surface area is 111 Å². The minimum Gasteiger partial charge on any atom is -0.228 e. The van der Waals surface area contributed by atoms with Gasteiger partial charge in [0.2, 0.25) is 0 Å². The highest BCUT2D eigenvalue weighted by atomic mass is 32.2. The molecule has 0 N–H and O–H groups in total. The van der Waals surface area contributed by atoms with E-state index < -0.39 is 9.84 Å². The van der Waals surface area contributed by atoms with Gasteiger partial charge in [0.05, 0.1) is 21.7 Å². The van der Waals surface area contributed by atoms with Crippen LogP contribution in [-0.4, -0.2) is 18.7 Å². The van der Waals surface area contributed by atoms with Gasteiger partial charge in [-0.3, -0.25) is 0 Å². The molecule has 2 aromatic rings. The van der Waals surface area contributed by atoms with Crippen molar-refractivity contribution in [1.29, 1.82) is 0 Å². The zero-order valence-corrected chi connectivity index (χ0v) is 11.7. The minimum atomic E-state index is -3.13. The van der Waals surface area contributed by atoms with Crippen LogP contribution in [0.3, 0.4) is 0 Å². The molecule has 3 radical (unpaired) electrons. The maximum atomic E-state index is 12.1. The van der Waals surface area contributed by atoms with Gasteiger partial charge in [-0.2, -0.15) is 0 Å². The summed E-state index contributed by atoms with van der Waals surface area (Å²) < 4.78 is 24.1. The smallest absolute Gasteiger partial charge is 0.158 e. The summed E-state index contributed by atoms with van der Waals surface area (Å²) >= 11 is 0. The van der Waals surface area contributed by atoms with Gasteiger partial charge in [-0.25, -0.2) is 8.42 Å². The molecule has 2 nitrogen and oxygen atoms in total. The van der Waals surface area contributed by atoms with Gasteiger partial charge in [-0.15, -0.1) is 0 Å². The molecule has 0 unspecified atom stereocenters. The molecule has 0 aromatic heterocycles. The quantitative estimate of drug-likeness (QED) is 0.793. The van der Waals surface area contributed by atoms with Crippen LogP contribution in [0.15, 0.2) is 54.6 Å². The number of rotatable bonds is 4. The first kappa shape index (κ1) is 13.0. The molecule has 0 bridgehead atoms. The molecular formula is C14H13O2SSi. The summed E-state index contributed by atoms with van der Waals surface area (Å²) in [7, 11) is 0.267. The van der Waals surface area contributed by atoms with Crippen LogP contribution >= 0.6 is 0 Å². The van der Waals surface area contributed by atoms with Gasteiger partial charge < -0.3 is 0 Å². The molecule has 2 rings (SSSR count). The average molecular weight is 273 g/mol. The maximum Gasteiger partial charge on any atom is 0.158 e. The zero-order chi connectivity index (χ0) is 13.0. The summed E-state index contributed by atoms with van der Waals surface area (Å²) in [5.41, 5.74) is 1.63. The first-order valence-corrected chi connectivity index (χ1v) is 7.92. The lowest BCUT2D eigenvalue weighted by molar-refractivity contribution is 0.594. The van der Waals surface area contributed by atoms with Crippen LogP contribution in [0, 0.1) is 0 Å². The van der Waals surface area contributed by atoms with Gasteiger partial charge in [0.1, 0.15) is 0 Å². The van der Waals surface area contributed by atoms with Gasteiger partial charge in [0.15, 0.2) is 9.84 Å². The molecule has 0 aliphatic heterocycles. The Morgan fingerprint density at radius 2 is 1.44 bits per heavy atom. The van der Waals surface area contributed by atoms with Crippen molar-refractivity contribution in [2.24, 2.45) is 0 Å². The van der Waals surface area contributed by atoms with Crippen molar-refractivity contribution < 1.29 is 8.42 Å². The molecule has 2 aromatic carbocycles. The maximum absolute atomic E-state index is 12.1. The van der Waals surface area contributed by atoms with Gasteiger partial charge in [-0.05, 0) is 11.1 Å². The van der Waals surface area contributed by atoms with E-state index in [0.29, 0.717) is 0 Å². The van der Waals surface area contributed by atoms with Crippen molar-refractivity contribution in [2.45, 2.75) is 11.5 Å². The Morgan fingerprint density at radius 3 is 2.11 bits per heavy atom. The molecule has 0 aliphatic carbocycles. The van der Waals surface area contributed by atoms with E-state index in [9.17, 15) is 8.42 Å². The third kappa shape index (κ3) is 3.82. The van der Waals surface area contributed by atoms with E-state index in [4.69, 9.17) is 0 Å².